The van der Waals surface area contributed by atoms with Gasteiger partial charge in [0.25, 0.3) is 0 Å². The first-order valence-electron chi connectivity index (χ1n) is 17.3. The molecule has 0 radical (unpaired) electrons. The second kappa shape index (κ2) is 22.5. The zero-order chi connectivity index (χ0) is 36.1. The molecule has 10 nitrogen and oxygen atoms in total. The third-order valence-electron chi connectivity index (χ3n) is 7.93. The fraction of sp³-hybridized carbons (Fsp3) is 0.425. The highest BCUT2D eigenvalue weighted by atomic mass is 16.7. The van der Waals surface area contributed by atoms with Crippen LogP contribution in [0.5, 0.6) is 23.0 Å². The zero-order valence-electron chi connectivity index (χ0n) is 28.7. The third kappa shape index (κ3) is 14.0. The van der Waals surface area contributed by atoms with Gasteiger partial charge in [0, 0.05) is 25.2 Å². The van der Waals surface area contributed by atoms with Gasteiger partial charge in [-0.05, 0) is 69.1 Å². The zero-order valence-corrected chi connectivity index (χ0v) is 28.7. The standard InChI is InChI=1S/C40H52O10/c1-2-3-4-5-6-7-8-9-10-11-12-13-14-15-16-17-18-25-48-28-35-37(45)38(46)39(47)40(50-35)49-34-27-31(42)26-33(44)36(34)32(43)24-21-29-19-22-30(41)23-20-29/h3-4,6-7,9-10,12-13,15-16,19-20,22-23,26-27,35,37-42,44-47H,2,5,8,11,14,17-18,21,24-25,28H2,1H3/b4-3-,7-6-,10-9-,13-12-,16-15-/t35-,37-,38+,39-,40-/m1/s1. The first-order chi connectivity index (χ1) is 24.2. The number of allylic oxidation sites excluding steroid dienone is 10. The number of benzene rings is 2. The minimum atomic E-state index is -1.71. The SMILES string of the molecule is CC/C=C\C/C=C\C/C=C\C/C=C\C/C=C\CCCOC[C@H]1O[C@@H](Oc2cc(O)cc(O)c2C(=O)CCc2ccc(O)cc2)[C@H](O)[C@@H](O)[C@@H]1O. The summed E-state index contributed by atoms with van der Waals surface area (Å²) >= 11 is 0. The van der Waals surface area contributed by atoms with E-state index in [-0.39, 0.29) is 30.1 Å². The molecule has 2 aromatic rings. The van der Waals surface area contributed by atoms with E-state index in [4.69, 9.17) is 14.2 Å². The minimum absolute atomic E-state index is 0.0367. The second-order valence-corrected chi connectivity index (χ2v) is 12.0. The van der Waals surface area contributed by atoms with Crippen molar-refractivity contribution in [1.29, 1.82) is 0 Å². The Bertz CT molecular complexity index is 1440. The number of rotatable bonds is 21. The Morgan fingerprint density at radius 3 is 1.98 bits per heavy atom. The van der Waals surface area contributed by atoms with Crippen LogP contribution in [0.15, 0.2) is 97.2 Å². The topological polar surface area (TPSA) is 166 Å². The van der Waals surface area contributed by atoms with Crippen molar-refractivity contribution in [1.82, 2.24) is 0 Å². The average molecular weight is 693 g/mol. The molecule has 0 spiro atoms. The summed E-state index contributed by atoms with van der Waals surface area (Å²) in [7, 11) is 0. The van der Waals surface area contributed by atoms with E-state index < -0.39 is 48.0 Å². The first-order valence-corrected chi connectivity index (χ1v) is 17.3. The summed E-state index contributed by atoms with van der Waals surface area (Å²) in [6.07, 6.45) is 20.5. The smallest absolute Gasteiger partial charge is 0.229 e. The molecule has 1 heterocycles. The molecule has 3 rings (SSSR count). The van der Waals surface area contributed by atoms with Gasteiger partial charge in [0.2, 0.25) is 6.29 Å². The number of ether oxygens (including phenoxy) is 3. The molecule has 1 aliphatic heterocycles. The summed E-state index contributed by atoms with van der Waals surface area (Å²) in [5, 5.41) is 61.8. The molecule has 272 valence electrons. The van der Waals surface area contributed by atoms with Gasteiger partial charge in [-0.15, -0.1) is 0 Å². The van der Waals surface area contributed by atoms with Crippen LogP contribution in [0.2, 0.25) is 0 Å². The Balaban J connectivity index is 1.42. The largest absolute Gasteiger partial charge is 0.508 e. The van der Waals surface area contributed by atoms with Gasteiger partial charge >= 0.3 is 0 Å². The Labute approximate surface area is 295 Å². The fourth-order valence-electron chi connectivity index (χ4n) is 5.15. The van der Waals surface area contributed by atoms with E-state index in [0.29, 0.717) is 13.0 Å². The van der Waals surface area contributed by atoms with Gasteiger partial charge in [-0.2, -0.15) is 0 Å². The Morgan fingerprint density at radius 1 is 0.760 bits per heavy atom. The van der Waals surface area contributed by atoms with Gasteiger partial charge in [-0.25, -0.2) is 0 Å². The number of ketones is 1. The molecule has 0 aromatic heterocycles. The van der Waals surface area contributed by atoms with Crippen molar-refractivity contribution in [3.05, 3.63) is 108 Å². The van der Waals surface area contributed by atoms with Crippen LogP contribution in [-0.2, 0) is 15.9 Å². The van der Waals surface area contributed by atoms with Gasteiger partial charge in [-0.1, -0.05) is 79.8 Å². The van der Waals surface area contributed by atoms with Crippen molar-refractivity contribution in [3.63, 3.8) is 0 Å². The number of aromatic hydroxyl groups is 3. The highest BCUT2D eigenvalue weighted by Gasteiger charge is 2.45. The highest BCUT2D eigenvalue weighted by Crippen LogP contribution is 2.36. The van der Waals surface area contributed by atoms with Crippen LogP contribution < -0.4 is 4.74 Å². The lowest BCUT2D eigenvalue weighted by atomic mass is 9.98. The molecule has 10 heteroatoms. The molecule has 1 aliphatic rings. The quantitative estimate of drug-likeness (QED) is 0.0493. The molecule has 2 aromatic carbocycles. The Kier molecular flexibility index (Phi) is 18.1. The molecule has 0 bridgehead atoms. The van der Waals surface area contributed by atoms with Gasteiger partial charge in [0.1, 0.15) is 53.0 Å². The molecule has 50 heavy (non-hydrogen) atoms. The lowest BCUT2D eigenvalue weighted by Gasteiger charge is -2.40. The highest BCUT2D eigenvalue weighted by molar-refractivity contribution is 6.01. The van der Waals surface area contributed by atoms with Gasteiger partial charge in [0.05, 0.1) is 6.61 Å². The van der Waals surface area contributed by atoms with Gasteiger partial charge in [0.15, 0.2) is 5.78 Å². The van der Waals surface area contributed by atoms with Crippen molar-refractivity contribution in [2.24, 2.45) is 0 Å². The number of hydrogen-bond donors (Lipinski definition) is 6. The summed E-state index contributed by atoms with van der Waals surface area (Å²) < 4.78 is 17.2. The maximum Gasteiger partial charge on any atom is 0.229 e. The molecule has 0 unspecified atom stereocenters. The number of carbonyl (C=O) groups excluding carboxylic acids is 1. The van der Waals surface area contributed by atoms with E-state index in [1.54, 1.807) is 12.1 Å². The predicted molar refractivity (Wildman–Crippen MR) is 192 cm³/mol. The number of hydrogen-bond acceptors (Lipinski definition) is 10. The minimum Gasteiger partial charge on any atom is -0.508 e. The van der Waals surface area contributed by atoms with Crippen molar-refractivity contribution < 1.29 is 49.6 Å². The predicted octanol–water partition coefficient (Wildman–Crippen LogP) is 6.35. The average Bonchev–Trinajstić information content (AvgIpc) is 3.09. The maximum atomic E-state index is 13.1. The van der Waals surface area contributed by atoms with Gasteiger partial charge < -0.3 is 44.8 Å². The van der Waals surface area contributed by atoms with Crippen LogP contribution in [0.1, 0.15) is 74.2 Å². The maximum absolute atomic E-state index is 13.1. The van der Waals surface area contributed by atoms with E-state index in [2.05, 4.69) is 67.7 Å². The third-order valence-corrected chi connectivity index (χ3v) is 7.93. The van der Waals surface area contributed by atoms with Crippen LogP contribution in [0.4, 0.5) is 0 Å². The molecule has 0 saturated carbocycles. The summed E-state index contributed by atoms with van der Waals surface area (Å²) in [6, 6.07) is 8.43. The lowest BCUT2D eigenvalue weighted by molar-refractivity contribution is -0.279. The summed E-state index contributed by atoms with van der Waals surface area (Å²) in [4.78, 5) is 13.1. The van der Waals surface area contributed by atoms with Crippen molar-refractivity contribution >= 4 is 5.78 Å². The van der Waals surface area contributed by atoms with E-state index >= 15 is 0 Å². The second-order valence-electron chi connectivity index (χ2n) is 12.0. The number of phenols is 3. The number of aliphatic hydroxyl groups is 3. The molecule has 6 N–H and O–H groups in total. The Hall–Kier alpha value is -4.19. The number of carbonyl (C=O) groups is 1. The number of aliphatic hydroxyl groups excluding tert-OH is 3. The van der Waals surface area contributed by atoms with Crippen molar-refractivity contribution in [2.45, 2.75) is 95.4 Å². The number of unbranched alkanes of at least 4 members (excludes halogenated alkanes) is 1. The van der Waals surface area contributed by atoms with Crippen molar-refractivity contribution in [2.75, 3.05) is 13.2 Å². The molecular weight excluding hydrogens is 640 g/mol. The normalized spacial score (nSPS) is 21.4. The summed E-state index contributed by atoms with van der Waals surface area (Å²) in [5.41, 5.74) is 0.543. The molecule has 0 aliphatic carbocycles. The number of phenolic OH excluding ortho intramolecular Hbond substituents is 3. The number of aryl methyl sites for hydroxylation is 1. The van der Waals surface area contributed by atoms with E-state index in [1.165, 1.54) is 12.1 Å². The summed E-state index contributed by atoms with van der Waals surface area (Å²) in [5.74, 6) is -1.61. The summed E-state index contributed by atoms with van der Waals surface area (Å²) in [6.45, 7) is 2.40. The molecule has 5 atom stereocenters. The van der Waals surface area contributed by atoms with Crippen LogP contribution in [0, 0.1) is 0 Å². The van der Waals surface area contributed by atoms with Crippen LogP contribution >= 0.6 is 0 Å². The van der Waals surface area contributed by atoms with Crippen LogP contribution in [-0.4, -0.2) is 80.3 Å². The monoisotopic (exact) mass is 692 g/mol. The first kappa shape index (κ1) is 40.2. The van der Waals surface area contributed by atoms with Gasteiger partial charge in [-0.3, -0.25) is 4.79 Å². The molecule has 1 fully saturated rings. The van der Waals surface area contributed by atoms with E-state index in [0.717, 1.165) is 62.6 Å². The Morgan fingerprint density at radius 2 is 1.36 bits per heavy atom. The van der Waals surface area contributed by atoms with Crippen molar-refractivity contribution in [3.8, 4) is 23.0 Å². The molecule has 1 saturated heterocycles. The number of Topliss-reactive ketones (excluding diaryl/α,β-unsaturated/α-hetero) is 1. The lowest BCUT2D eigenvalue weighted by Crippen LogP contribution is -2.60. The molecular formula is C40H52O10. The fourth-order valence-corrected chi connectivity index (χ4v) is 5.15. The van der Waals surface area contributed by atoms with Crippen LogP contribution in [0.3, 0.4) is 0 Å². The van der Waals surface area contributed by atoms with Crippen LogP contribution in [0.25, 0.3) is 0 Å². The molecule has 0 amide bonds. The van der Waals surface area contributed by atoms with E-state index in [9.17, 15) is 35.4 Å². The van der Waals surface area contributed by atoms with E-state index in [1.807, 2.05) is 0 Å².